The van der Waals surface area contributed by atoms with Gasteiger partial charge in [-0.2, -0.15) is 0 Å². The maximum atomic E-state index is 12.3. The average Bonchev–Trinajstić information content (AvgIpc) is 3.21. The lowest BCUT2D eigenvalue weighted by Gasteiger charge is -2.12. The van der Waals surface area contributed by atoms with Gasteiger partial charge in [0.15, 0.2) is 5.60 Å². The number of carbonyl (C=O) groups is 1. The molecule has 4 heteroatoms. The van der Waals surface area contributed by atoms with E-state index in [9.17, 15) is 4.79 Å². The molecule has 0 saturated carbocycles. The van der Waals surface area contributed by atoms with Gasteiger partial charge in [-0.15, -0.1) is 0 Å². The minimum atomic E-state index is -0.785. The van der Waals surface area contributed by atoms with Crippen LogP contribution in [0.25, 0.3) is 0 Å². The number of esters is 1. The van der Waals surface area contributed by atoms with E-state index in [0.717, 1.165) is 24.2 Å². The molecule has 0 radical (unpaired) electrons. The Balaban J connectivity index is 2.09. The molecule has 1 heterocycles. The Morgan fingerprint density at radius 1 is 1.27 bits per heavy atom. The molecular formula is C18H26O4. The Hall–Kier alpha value is -1.55. The summed E-state index contributed by atoms with van der Waals surface area (Å²) in [6.45, 7) is 8.29. The second-order valence-electron chi connectivity index (χ2n) is 5.95. The molecule has 1 aromatic rings. The highest BCUT2D eigenvalue weighted by atomic mass is 16.7. The van der Waals surface area contributed by atoms with Crippen molar-refractivity contribution in [2.45, 2.75) is 64.8 Å². The smallest absolute Gasteiger partial charge is 0.341 e. The van der Waals surface area contributed by atoms with Crippen molar-refractivity contribution in [1.29, 1.82) is 0 Å². The van der Waals surface area contributed by atoms with Crippen LogP contribution in [0.15, 0.2) is 24.3 Å². The van der Waals surface area contributed by atoms with Crippen molar-refractivity contribution in [1.82, 2.24) is 0 Å². The highest BCUT2D eigenvalue weighted by Gasteiger charge is 2.63. The maximum Gasteiger partial charge on any atom is 0.341 e. The van der Waals surface area contributed by atoms with Gasteiger partial charge in [0, 0.05) is 0 Å². The van der Waals surface area contributed by atoms with Crippen molar-refractivity contribution < 1.29 is 19.0 Å². The second kappa shape index (κ2) is 7.14. The summed E-state index contributed by atoms with van der Waals surface area (Å²) < 4.78 is 16.7. The zero-order valence-electron chi connectivity index (χ0n) is 13.9. The fourth-order valence-electron chi connectivity index (χ4n) is 2.65. The third-order valence-corrected chi connectivity index (χ3v) is 3.77. The number of epoxide rings is 1. The zero-order chi connectivity index (χ0) is 16.2. The third kappa shape index (κ3) is 3.61. The SMILES string of the molecule is CCCCC1(C(=O)OCC)OC1c1ccc(OC(C)C)cc1. The van der Waals surface area contributed by atoms with Crippen LogP contribution >= 0.6 is 0 Å². The first kappa shape index (κ1) is 16.8. The molecule has 0 aromatic heterocycles. The minimum Gasteiger partial charge on any atom is -0.491 e. The molecule has 1 aliphatic rings. The van der Waals surface area contributed by atoms with E-state index < -0.39 is 5.60 Å². The van der Waals surface area contributed by atoms with Gasteiger partial charge in [-0.05, 0) is 44.9 Å². The summed E-state index contributed by atoms with van der Waals surface area (Å²) in [6, 6.07) is 7.78. The number of hydrogen-bond acceptors (Lipinski definition) is 4. The maximum absolute atomic E-state index is 12.3. The molecule has 22 heavy (non-hydrogen) atoms. The van der Waals surface area contributed by atoms with Gasteiger partial charge in [-0.25, -0.2) is 4.79 Å². The molecule has 4 nitrogen and oxygen atoms in total. The first-order valence-corrected chi connectivity index (χ1v) is 8.15. The van der Waals surface area contributed by atoms with E-state index in [2.05, 4.69) is 6.92 Å². The third-order valence-electron chi connectivity index (χ3n) is 3.77. The number of benzene rings is 1. The Morgan fingerprint density at radius 2 is 1.95 bits per heavy atom. The minimum absolute atomic E-state index is 0.145. The molecule has 2 unspecified atom stereocenters. The number of hydrogen-bond donors (Lipinski definition) is 0. The van der Waals surface area contributed by atoms with Crippen LogP contribution in [0.4, 0.5) is 0 Å². The number of ether oxygens (including phenoxy) is 3. The van der Waals surface area contributed by atoms with Crippen molar-refractivity contribution in [2.75, 3.05) is 6.61 Å². The Kier molecular flexibility index (Phi) is 5.46. The molecule has 122 valence electrons. The van der Waals surface area contributed by atoms with Crippen molar-refractivity contribution >= 4 is 5.97 Å². The van der Waals surface area contributed by atoms with Crippen LogP contribution in [-0.2, 0) is 14.3 Å². The number of carbonyl (C=O) groups excluding carboxylic acids is 1. The largest absolute Gasteiger partial charge is 0.491 e. The normalized spacial score (nSPS) is 23.4. The van der Waals surface area contributed by atoms with Crippen LogP contribution in [-0.4, -0.2) is 24.3 Å². The topological polar surface area (TPSA) is 48.1 Å². The number of rotatable bonds is 8. The van der Waals surface area contributed by atoms with Gasteiger partial charge in [0.25, 0.3) is 0 Å². The van der Waals surface area contributed by atoms with Gasteiger partial charge in [0.1, 0.15) is 11.9 Å². The van der Waals surface area contributed by atoms with E-state index >= 15 is 0 Å². The summed E-state index contributed by atoms with van der Waals surface area (Å²) in [6.07, 6.45) is 2.62. The van der Waals surface area contributed by atoms with Crippen molar-refractivity contribution in [3.63, 3.8) is 0 Å². The molecule has 1 aliphatic heterocycles. The van der Waals surface area contributed by atoms with E-state index in [1.54, 1.807) is 0 Å². The van der Waals surface area contributed by atoms with E-state index in [4.69, 9.17) is 14.2 Å². The lowest BCUT2D eigenvalue weighted by molar-refractivity contribution is -0.149. The van der Waals surface area contributed by atoms with Gasteiger partial charge in [0.2, 0.25) is 0 Å². The summed E-state index contributed by atoms with van der Waals surface area (Å²) >= 11 is 0. The quantitative estimate of drug-likeness (QED) is 0.537. The van der Waals surface area contributed by atoms with Crippen LogP contribution in [0.5, 0.6) is 5.75 Å². The molecule has 1 saturated heterocycles. The summed E-state index contributed by atoms with van der Waals surface area (Å²) in [5, 5.41) is 0. The highest BCUT2D eigenvalue weighted by molar-refractivity contribution is 5.84. The van der Waals surface area contributed by atoms with Crippen molar-refractivity contribution in [3.05, 3.63) is 29.8 Å². The lowest BCUT2D eigenvalue weighted by Crippen LogP contribution is -2.28. The lowest BCUT2D eigenvalue weighted by atomic mass is 9.94. The van der Waals surface area contributed by atoms with Crippen LogP contribution in [0.1, 0.15) is 58.6 Å². The highest BCUT2D eigenvalue weighted by Crippen LogP contribution is 2.53. The Labute approximate surface area is 132 Å². The molecule has 0 bridgehead atoms. The molecule has 1 aromatic carbocycles. The molecule has 1 fully saturated rings. The molecule has 0 spiro atoms. The Bertz CT molecular complexity index is 494. The predicted molar refractivity (Wildman–Crippen MR) is 84.9 cm³/mol. The van der Waals surface area contributed by atoms with Crippen LogP contribution in [0.2, 0.25) is 0 Å². The molecule has 2 rings (SSSR count). The summed E-state index contributed by atoms with van der Waals surface area (Å²) in [5.41, 5.74) is 0.215. The molecule has 0 amide bonds. The summed E-state index contributed by atoms with van der Waals surface area (Å²) in [4.78, 5) is 12.3. The first-order chi connectivity index (χ1) is 10.5. The van der Waals surface area contributed by atoms with Crippen LogP contribution in [0.3, 0.4) is 0 Å². The fourth-order valence-corrected chi connectivity index (χ4v) is 2.65. The van der Waals surface area contributed by atoms with Gasteiger partial charge in [-0.3, -0.25) is 0 Å². The van der Waals surface area contributed by atoms with Crippen LogP contribution in [0, 0.1) is 0 Å². The zero-order valence-corrected chi connectivity index (χ0v) is 13.9. The van der Waals surface area contributed by atoms with E-state index in [1.807, 2.05) is 45.0 Å². The van der Waals surface area contributed by atoms with Gasteiger partial charge in [0.05, 0.1) is 12.7 Å². The predicted octanol–water partition coefficient (Wildman–Crippen LogP) is 4.04. The van der Waals surface area contributed by atoms with E-state index in [1.165, 1.54) is 0 Å². The monoisotopic (exact) mass is 306 g/mol. The van der Waals surface area contributed by atoms with Crippen molar-refractivity contribution in [2.24, 2.45) is 0 Å². The first-order valence-electron chi connectivity index (χ1n) is 8.15. The second-order valence-corrected chi connectivity index (χ2v) is 5.95. The van der Waals surface area contributed by atoms with E-state index in [-0.39, 0.29) is 18.2 Å². The van der Waals surface area contributed by atoms with E-state index in [0.29, 0.717) is 13.0 Å². The standard InChI is InChI=1S/C18H26O4/c1-5-7-12-18(17(19)20-6-2)16(22-18)14-8-10-15(11-9-14)21-13(3)4/h8-11,13,16H,5-7,12H2,1-4H3. The van der Waals surface area contributed by atoms with Gasteiger partial charge >= 0.3 is 5.97 Å². The van der Waals surface area contributed by atoms with Gasteiger partial charge < -0.3 is 14.2 Å². The summed E-state index contributed by atoms with van der Waals surface area (Å²) in [7, 11) is 0. The summed E-state index contributed by atoms with van der Waals surface area (Å²) in [5.74, 6) is 0.589. The number of unbranched alkanes of at least 4 members (excludes halogenated alkanes) is 1. The molecular weight excluding hydrogens is 280 g/mol. The van der Waals surface area contributed by atoms with Gasteiger partial charge in [-0.1, -0.05) is 31.9 Å². The molecule has 2 atom stereocenters. The molecule has 0 aliphatic carbocycles. The Morgan fingerprint density at radius 3 is 2.50 bits per heavy atom. The van der Waals surface area contributed by atoms with Crippen molar-refractivity contribution in [3.8, 4) is 5.75 Å². The average molecular weight is 306 g/mol. The fraction of sp³-hybridized carbons (Fsp3) is 0.611. The molecule has 0 N–H and O–H groups in total. The van der Waals surface area contributed by atoms with Crippen LogP contribution < -0.4 is 4.74 Å².